The minimum Gasteiger partial charge on any atom is -0.484 e. The van der Waals surface area contributed by atoms with Crippen molar-refractivity contribution < 1.29 is 13.9 Å². The number of benzene rings is 1. The summed E-state index contributed by atoms with van der Waals surface area (Å²) in [6, 6.07) is 8.15. The highest BCUT2D eigenvalue weighted by Crippen LogP contribution is 2.31. The van der Waals surface area contributed by atoms with Gasteiger partial charge in [0.15, 0.2) is 11.7 Å². The van der Waals surface area contributed by atoms with Crippen molar-refractivity contribution in [2.45, 2.75) is 18.8 Å². The number of thiazole rings is 1. The number of nitrogens with one attached hydrogen (secondary N) is 2. The molecule has 1 aliphatic heterocycles. The SMILES string of the molecule is O=C(COc1ccc2ccc(=O)oc2c1)Nc1ncc(C2CCNCC2)s1. The third-order valence-corrected chi connectivity index (χ3v) is 5.55. The van der Waals surface area contributed by atoms with E-state index in [1.165, 1.54) is 22.3 Å². The van der Waals surface area contributed by atoms with E-state index in [2.05, 4.69) is 15.6 Å². The number of anilines is 1. The molecule has 0 spiro atoms. The van der Waals surface area contributed by atoms with Crippen LogP contribution in [0.1, 0.15) is 23.6 Å². The lowest BCUT2D eigenvalue weighted by Crippen LogP contribution is -2.26. The molecule has 2 N–H and O–H groups in total. The van der Waals surface area contributed by atoms with Crippen LogP contribution in [0.25, 0.3) is 11.0 Å². The zero-order chi connectivity index (χ0) is 18.6. The van der Waals surface area contributed by atoms with Gasteiger partial charge in [-0.05, 0) is 50.0 Å². The second-order valence-electron chi connectivity index (χ2n) is 6.38. The number of amides is 1. The zero-order valence-electron chi connectivity index (χ0n) is 14.6. The van der Waals surface area contributed by atoms with Crippen LogP contribution in [0.2, 0.25) is 0 Å². The van der Waals surface area contributed by atoms with Crippen LogP contribution in [0.3, 0.4) is 0 Å². The molecule has 1 amide bonds. The van der Waals surface area contributed by atoms with Crippen molar-refractivity contribution in [2.75, 3.05) is 25.0 Å². The third kappa shape index (κ3) is 4.35. The number of rotatable bonds is 5. The van der Waals surface area contributed by atoms with Crippen LogP contribution in [0.15, 0.2) is 45.7 Å². The van der Waals surface area contributed by atoms with Gasteiger partial charge in [0.05, 0.1) is 0 Å². The van der Waals surface area contributed by atoms with Gasteiger partial charge in [0.25, 0.3) is 5.91 Å². The molecule has 140 valence electrons. The average molecular weight is 385 g/mol. The number of hydrogen-bond donors (Lipinski definition) is 2. The first kappa shape index (κ1) is 17.7. The summed E-state index contributed by atoms with van der Waals surface area (Å²) in [5, 5.41) is 7.49. The van der Waals surface area contributed by atoms with E-state index in [1.54, 1.807) is 24.3 Å². The Kier molecular flexibility index (Phi) is 5.17. The van der Waals surface area contributed by atoms with Gasteiger partial charge < -0.3 is 14.5 Å². The van der Waals surface area contributed by atoms with Crippen molar-refractivity contribution in [3.8, 4) is 5.75 Å². The van der Waals surface area contributed by atoms with E-state index >= 15 is 0 Å². The number of carbonyl (C=O) groups excluding carboxylic acids is 1. The summed E-state index contributed by atoms with van der Waals surface area (Å²) in [5.41, 5.74) is -0.00217. The number of fused-ring (bicyclic) bond motifs is 1. The minimum atomic E-state index is -0.425. The number of ether oxygens (including phenoxy) is 1. The maximum Gasteiger partial charge on any atom is 0.336 e. The molecule has 3 heterocycles. The van der Waals surface area contributed by atoms with Gasteiger partial charge in [-0.15, -0.1) is 11.3 Å². The molecule has 1 aliphatic rings. The maximum absolute atomic E-state index is 12.1. The molecule has 1 fully saturated rings. The van der Waals surface area contributed by atoms with E-state index in [0.29, 0.717) is 22.4 Å². The molecular formula is C19H19N3O4S. The summed E-state index contributed by atoms with van der Waals surface area (Å²) in [4.78, 5) is 28.9. The Hall–Kier alpha value is -2.71. The fourth-order valence-electron chi connectivity index (χ4n) is 3.07. The maximum atomic E-state index is 12.1. The molecule has 27 heavy (non-hydrogen) atoms. The molecule has 0 saturated carbocycles. The van der Waals surface area contributed by atoms with Crippen molar-refractivity contribution in [3.05, 3.63) is 51.8 Å². The molecule has 7 nitrogen and oxygen atoms in total. The van der Waals surface area contributed by atoms with E-state index < -0.39 is 5.63 Å². The highest BCUT2D eigenvalue weighted by Gasteiger charge is 2.18. The first-order valence-electron chi connectivity index (χ1n) is 8.80. The normalized spacial score (nSPS) is 15.0. The fraction of sp³-hybridized carbons (Fsp3) is 0.316. The van der Waals surface area contributed by atoms with Gasteiger partial charge in [0, 0.05) is 28.6 Å². The minimum absolute atomic E-state index is 0.148. The Morgan fingerprint density at radius 2 is 2.11 bits per heavy atom. The van der Waals surface area contributed by atoms with Gasteiger partial charge in [-0.2, -0.15) is 0 Å². The summed E-state index contributed by atoms with van der Waals surface area (Å²) in [6.07, 6.45) is 4.04. The molecule has 0 aliphatic carbocycles. The van der Waals surface area contributed by atoms with Gasteiger partial charge in [-0.25, -0.2) is 9.78 Å². The fourth-order valence-corrected chi connectivity index (χ4v) is 4.08. The van der Waals surface area contributed by atoms with Crippen molar-refractivity contribution in [1.29, 1.82) is 0 Å². The number of nitrogens with zero attached hydrogens (tertiary/aromatic N) is 1. The second kappa shape index (κ2) is 7.89. The Morgan fingerprint density at radius 3 is 2.96 bits per heavy atom. The number of piperidine rings is 1. The topological polar surface area (TPSA) is 93.5 Å². The molecule has 0 unspecified atom stereocenters. The van der Waals surface area contributed by atoms with E-state index in [1.807, 2.05) is 6.20 Å². The van der Waals surface area contributed by atoms with Crippen molar-refractivity contribution in [1.82, 2.24) is 10.3 Å². The lowest BCUT2D eigenvalue weighted by molar-refractivity contribution is -0.118. The van der Waals surface area contributed by atoms with Crippen LogP contribution in [-0.4, -0.2) is 30.6 Å². The van der Waals surface area contributed by atoms with Crippen LogP contribution in [0, 0.1) is 0 Å². The van der Waals surface area contributed by atoms with Crippen LogP contribution >= 0.6 is 11.3 Å². The Labute approximate surface area is 159 Å². The third-order valence-electron chi connectivity index (χ3n) is 4.48. The highest BCUT2D eigenvalue weighted by molar-refractivity contribution is 7.15. The predicted octanol–water partition coefficient (Wildman–Crippen LogP) is 2.73. The monoisotopic (exact) mass is 385 g/mol. The van der Waals surface area contributed by atoms with E-state index in [9.17, 15) is 9.59 Å². The van der Waals surface area contributed by atoms with E-state index in [0.717, 1.165) is 31.3 Å². The van der Waals surface area contributed by atoms with Gasteiger partial charge in [-0.1, -0.05) is 0 Å². The smallest absolute Gasteiger partial charge is 0.336 e. The largest absolute Gasteiger partial charge is 0.484 e. The standard InChI is InChI=1S/C19H19N3O4S/c23-17(22-19-21-10-16(27-19)13-5-7-20-8-6-13)11-25-14-3-1-12-2-4-18(24)26-15(12)9-14/h1-4,9-10,13,20H,5-8,11H2,(H,21,22,23). The average Bonchev–Trinajstić information content (AvgIpc) is 3.15. The van der Waals surface area contributed by atoms with E-state index in [4.69, 9.17) is 9.15 Å². The van der Waals surface area contributed by atoms with Gasteiger partial charge in [-0.3, -0.25) is 10.1 Å². The van der Waals surface area contributed by atoms with E-state index in [-0.39, 0.29) is 12.5 Å². The molecule has 0 radical (unpaired) electrons. The first-order chi connectivity index (χ1) is 13.2. The highest BCUT2D eigenvalue weighted by atomic mass is 32.1. The molecule has 1 aromatic carbocycles. The summed E-state index contributed by atoms with van der Waals surface area (Å²) in [7, 11) is 0. The second-order valence-corrected chi connectivity index (χ2v) is 7.45. The molecule has 0 atom stereocenters. The quantitative estimate of drug-likeness (QED) is 0.656. The molecule has 2 aromatic heterocycles. The van der Waals surface area contributed by atoms with Crippen molar-refractivity contribution in [2.24, 2.45) is 0 Å². The van der Waals surface area contributed by atoms with Crippen LogP contribution in [-0.2, 0) is 4.79 Å². The summed E-state index contributed by atoms with van der Waals surface area (Å²) in [5.74, 6) is 0.690. The molecule has 1 saturated heterocycles. The van der Waals surface area contributed by atoms with Crippen molar-refractivity contribution >= 4 is 33.3 Å². The number of aromatic nitrogens is 1. The predicted molar refractivity (Wildman–Crippen MR) is 104 cm³/mol. The molecular weight excluding hydrogens is 366 g/mol. The molecule has 3 aromatic rings. The Morgan fingerprint density at radius 1 is 1.30 bits per heavy atom. The number of carbonyl (C=O) groups is 1. The van der Waals surface area contributed by atoms with Crippen LogP contribution in [0.4, 0.5) is 5.13 Å². The van der Waals surface area contributed by atoms with Crippen LogP contribution < -0.4 is 21.0 Å². The summed E-state index contributed by atoms with van der Waals surface area (Å²) in [6.45, 7) is 1.89. The van der Waals surface area contributed by atoms with Gasteiger partial charge >= 0.3 is 5.63 Å². The summed E-state index contributed by atoms with van der Waals surface area (Å²) >= 11 is 1.52. The Bertz CT molecular complexity index is 1010. The van der Waals surface area contributed by atoms with Crippen LogP contribution in [0.5, 0.6) is 5.75 Å². The number of hydrogen-bond acceptors (Lipinski definition) is 7. The van der Waals surface area contributed by atoms with Crippen molar-refractivity contribution in [3.63, 3.8) is 0 Å². The lowest BCUT2D eigenvalue weighted by atomic mass is 9.97. The molecule has 0 bridgehead atoms. The molecule has 4 rings (SSSR count). The first-order valence-corrected chi connectivity index (χ1v) is 9.62. The zero-order valence-corrected chi connectivity index (χ0v) is 15.4. The van der Waals surface area contributed by atoms with Gasteiger partial charge in [0.2, 0.25) is 0 Å². The summed E-state index contributed by atoms with van der Waals surface area (Å²) < 4.78 is 10.6. The van der Waals surface area contributed by atoms with Gasteiger partial charge in [0.1, 0.15) is 11.3 Å². The molecule has 8 heteroatoms. The lowest BCUT2D eigenvalue weighted by Gasteiger charge is -2.20. The Balaban J connectivity index is 1.34.